The number of likely N-dealkylation sites (tertiary alicyclic amines) is 1. The van der Waals surface area contributed by atoms with Crippen LogP contribution in [0.5, 0.6) is 0 Å². The number of nitrogens with one attached hydrogen (secondary N) is 2. The predicted molar refractivity (Wildman–Crippen MR) is 140 cm³/mol. The number of carbonyl (C=O) groups is 3. The first-order valence-electron chi connectivity index (χ1n) is 12.1. The highest BCUT2D eigenvalue weighted by atomic mass is 32.2. The molecule has 2 saturated heterocycles. The number of hydrogen-bond acceptors (Lipinski definition) is 11. The molecule has 3 aliphatic rings. The van der Waals surface area contributed by atoms with E-state index in [0.29, 0.717) is 24.4 Å². The summed E-state index contributed by atoms with van der Waals surface area (Å²) in [4.78, 5) is 55.4. The Morgan fingerprint density at radius 2 is 1.97 bits per heavy atom. The smallest absolute Gasteiger partial charge is 0.363 e. The van der Waals surface area contributed by atoms with Crippen molar-refractivity contribution in [1.82, 2.24) is 20.1 Å². The van der Waals surface area contributed by atoms with Gasteiger partial charge in [-0.25, -0.2) is 19.2 Å². The van der Waals surface area contributed by atoms with Gasteiger partial charge in [-0.2, -0.15) is 4.83 Å². The van der Waals surface area contributed by atoms with E-state index in [4.69, 9.17) is 9.29 Å². The molecule has 3 aliphatic heterocycles. The lowest BCUT2D eigenvalue weighted by Crippen LogP contribution is -2.63. The number of benzene rings is 1. The zero-order valence-corrected chi connectivity index (χ0v) is 22.9. The van der Waals surface area contributed by atoms with Gasteiger partial charge in [-0.1, -0.05) is 6.92 Å². The fraction of sp³-hybridized carbons (Fsp3) is 0.522. The molecule has 7 atom stereocenters. The third-order valence-electron chi connectivity index (χ3n) is 7.24. The van der Waals surface area contributed by atoms with Crippen LogP contribution in [0, 0.1) is 22.0 Å². The molecule has 16 heteroatoms. The van der Waals surface area contributed by atoms with Crippen molar-refractivity contribution in [2.45, 2.75) is 43.7 Å². The van der Waals surface area contributed by atoms with Gasteiger partial charge in [0.2, 0.25) is 17.2 Å². The Kier molecular flexibility index (Phi) is 8.85. The summed E-state index contributed by atoms with van der Waals surface area (Å²) in [6, 6.07) is 4.17. The van der Waals surface area contributed by atoms with Crippen molar-refractivity contribution in [3.05, 3.63) is 50.5 Å². The maximum atomic E-state index is 13.3. The maximum absolute atomic E-state index is 13.3. The Labute approximate surface area is 230 Å². The first-order valence-corrected chi connectivity index (χ1v) is 14.1. The summed E-state index contributed by atoms with van der Waals surface area (Å²) in [5.41, 5.74) is 2.39. The van der Waals surface area contributed by atoms with Crippen LogP contribution in [0.3, 0.4) is 0 Å². The Bertz CT molecular complexity index is 1220. The summed E-state index contributed by atoms with van der Waals surface area (Å²) < 4.78 is 24.8. The zero-order chi connectivity index (χ0) is 28.6. The predicted octanol–water partition coefficient (Wildman–Crippen LogP) is 0.384. The molecular weight excluding hydrogens is 554 g/mol. The fourth-order valence-electron chi connectivity index (χ4n) is 5.33. The number of fused-ring (bicyclic) bond motifs is 1. The number of esters is 2. The molecule has 1 aromatic carbocycles. The van der Waals surface area contributed by atoms with Crippen LogP contribution in [-0.2, 0) is 25.6 Å². The SMILES string of the molecule is C[C@@H](O)[C@H]1C(=O)N2C(C(=O)OC(=O)c3ccc([N+](=O)[O-])cc3)=C(SC3C[C@@H](CNNS(=O)O)N(C)C3)[C@H](C)[C@H]12. The number of nitro benzene ring substituents is 1. The minimum Gasteiger partial charge on any atom is -0.393 e. The molecule has 39 heavy (non-hydrogen) atoms. The molecule has 0 radical (unpaired) electrons. The van der Waals surface area contributed by atoms with E-state index in [-0.39, 0.29) is 34.2 Å². The quantitative estimate of drug-likeness (QED) is 0.0741. The third kappa shape index (κ3) is 5.91. The summed E-state index contributed by atoms with van der Waals surface area (Å²) >= 11 is -0.782. The maximum Gasteiger partial charge on any atom is 0.363 e. The van der Waals surface area contributed by atoms with Gasteiger partial charge in [0.05, 0.1) is 28.6 Å². The lowest BCUT2D eigenvalue weighted by atomic mass is 9.79. The van der Waals surface area contributed by atoms with Crippen LogP contribution in [0.1, 0.15) is 30.6 Å². The molecular formula is C23H29N5O9S2. The van der Waals surface area contributed by atoms with E-state index in [2.05, 4.69) is 15.2 Å². The van der Waals surface area contributed by atoms with Gasteiger partial charge >= 0.3 is 11.9 Å². The van der Waals surface area contributed by atoms with Crippen LogP contribution < -0.4 is 10.3 Å². The number of amides is 1. The molecule has 0 aromatic heterocycles. The van der Waals surface area contributed by atoms with Crippen molar-refractivity contribution in [2.75, 3.05) is 20.1 Å². The highest BCUT2D eigenvalue weighted by molar-refractivity contribution is 8.03. The van der Waals surface area contributed by atoms with E-state index in [1.165, 1.54) is 35.7 Å². The lowest BCUT2D eigenvalue weighted by Gasteiger charge is -2.46. The number of carbonyl (C=O) groups excluding carboxylic acids is 3. The minimum atomic E-state index is -2.20. The number of β-lactam (4-membered cyclic amide) rings is 1. The van der Waals surface area contributed by atoms with Crippen molar-refractivity contribution in [3.8, 4) is 0 Å². The lowest BCUT2D eigenvalue weighted by molar-refractivity contribution is -0.384. The van der Waals surface area contributed by atoms with Crippen LogP contribution in [-0.4, -0.2) is 90.0 Å². The van der Waals surface area contributed by atoms with E-state index in [9.17, 15) is 33.8 Å². The molecule has 2 unspecified atom stereocenters. The number of nitrogens with zero attached hydrogens (tertiary/aromatic N) is 3. The Morgan fingerprint density at radius 3 is 2.56 bits per heavy atom. The second-order valence-corrected chi connectivity index (χ2v) is 11.8. The highest BCUT2D eigenvalue weighted by Crippen LogP contribution is 2.52. The van der Waals surface area contributed by atoms with Crippen molar-refractivity contribution in [1.29, 1.82) is 0 Å². The molecule has 0 spiro atoms. The van der Waals surface area contributed by atoms with Crippen molar-refractivity contribution in [2.24, 2.45) is 11.8 Å². The average Bonchev–Trinajstić information content (AvgIpc) is 3.33. The third-order valence-corrected chi connectivity index (χ3v) is 9.05. The summed E-state index contributed by atoms with van der Waals surface area (Å²) in [7, 11) is 1.91. The van der Waals surface area contributed by atoms with Crippen molar-refractivity contribution >= 4 is 46.6 Å². The number of non-ortho nitro benzene ring substituents is 1. The first kappa shape index (κ1) is 29.3. The number of ether oxygens (including phenoxy) is 1. The molecule has 0 saturated carbocycles. The van der Waals surface area contributed by atoms with Crippen molar-refractivity contribution in [3.63, 3.8) is 0 Å². The number of likely N-dealkylation sites (N-methyl/N-ethyl adjacent to an activating group) is 1. The van der Waals surface area contributed by atoms with Gasteiger partial charge in [0.25, 0.3) is 5.69 Å². The number of hydrazine groups is 1. The second-order valence-electron chi connectivity index (χ2n) is 9.75. The molecule has 212 valence electrons. The van der Waals surface area contributed by atoms with E-state index < -0.39 is 52.1 Å². The Balaban J connectivity index is 1.54. The van der Waals surface area contributed by atoms with Crippen LogP contribution in [0.15, 0.2) is 34.9 Å². The normalized spacial score (nSPS) is 28.2. The molecule has 14 nitrogen and oxygen atoms in total. The van der Waals surface area contributed by atoms with E-state index in [1.54, 1.807) is 0 Å². The Hall–Kier alpha value is -2.73. The highest BCUT2D eigenvalue weighted by Gasteiger charge is 2.60. The summed E-state index contributed by atoms with van der Waals surface area (Å²) in [5.74, 6) is -3.44. The fourth-order valence-corrected chi connectivity index (χ4v) is 7.17. The number of aliphatic hydroxyl groups is 1. The van der Waals surface area contributed by atoms with Gasteiger partial charge in [-0.05, 0) is 32.5 Å². The van der Waals surface area contributed by atoms with Gasteiger partial charge in [0, 0.05) is 47.3 Å². The number of nitro groups is 1. The van der Waals surface area contributed by atoms with Crippen LogP contribution in [0.25, 0.3) is 0 Å². The van der Waals surface area contributed by atoms with Gasteiger partial charge in [-0.15, -0.1) is 11.8 Å². The number of thioether (sulfide) groups is 1. The molecule has 3 heterocycles. The molecule has 0 bridgehead atoms. The van der Waals surface area contributed by atoms with Gasteiger partial charge < -0.3 is 19.6 Å². The average molecular weight is 584 g/mol. The van der Waals surface area contributed by atoms with Gasteiger partial charge in [0.15, 0.2) is 0 Å². The molecule has 1 amide bonds. The summed E-state index contributed by atoms with van der Waals surface area (Å²) in [5, 5.41) is 21.1. The van der Waals surface area contributed by atoms with Gasteiger partial charge in [-0.3, -0.25) is 19.5 Å². The first-order chi connectivity index (χ1) is 18.4. The topological polar surface area (TPSA) is 192 Å². The van der Waals surface area contributed by atoms with Crippen molar-refractivity contribution < 1.29 is 37.9 Å². The van der Waals surface area contributed by atoms with Crippen LogP contribution in [0.4, 0.5) is 5.69 Å². The number of aliphatic hydroxyl groups excluding tert-OH is 1. The summed E-state index contributed by atoms with van der Waals surface area (Å²) in [6.07, 6.45) is -0.255. The second kappa shape index (κ2) is 11.8. The van der Waals surface area contributed by atoms with E-state index >= 15 is 0 Å². The molecule has 4 N–H and O–H groups in total. The number of rotatable bonds is 10. The van der Waals surface area contributed by atoms with Crippen LogP contribution >= 0.6 is 11.8 Å². The van der Waals surface area contributed by atoms with Crippen LogP contribution in [0.2, 0.25) is 0 Å². The molecule has 0 aliphatic carbocycles. The monoisotopic (exact) mass is 583 g/mol. The Morgan fingerprint density at radius 1 is 1.31 bits per heavy atom. The molecule has 2 fully saturated rings. The number of hydrogen-bond donors (Lipinski definition) is 4. The summed E-state index contributed by atoms with van der Waals surface area (Å²) in [6.45, 7) is 4.41. The molecule has 4 rings (SSSR count). The molecule has 1 aromatic rings. The minimum absolute atomic E-state index is 0.00542. The zero-order valence-electron chi connectivity index (χ0n) is 21.3. The van der Waals surface area contributed by atoms with E-state index in [1.807, 2.05) is 14.0 Å². The largest absolute Gasteiger partial charge is 0.393 e. The van der Waals surface area contributed by atoms with Gasteiger partial charge in [0.1, 0.15) is 5.70 Å². The standard InChI is InChI=1S/C23H29N5O9S2/c1-11-18-17(12(2)29)21(30)27(18)19(23(32)37-22(31)13-4-6-14(7-5-13)28(33)34)20(11)38-16-8-15(26(3)10-16)9-24-25-39(35)36/h4-7,11-12,15-18,24-25,29H,8-10H2,1-3H3,(H,35,36)/t11-,12-,15+,16?,17-,18-/m1/s1. The van der Waals surface area contributed by atoms with E-state index in [0.717, 1.165) is 12.1 Å².